The van der Waals surface area contributed by atoms with E-state index in [4.69, 9.17) is 28.3 Å². The number of phenols is 2. The Hall–Kier alpha value is -12.1. The minimum atomic E-state index is -1.91. The standard InChI is InChI=1S/C79H114N20O17/c1-45(2)35-58(71(108)92-57(78(115)116)22-13-15-33-81)93-70(107)56(23-16-34-86-79(83)84)91-73(110)61(37-49-19-10-7-11-20-49)96-76(113)66(46(3)4)98-75(112)63(40-52-42-85-44-88-52)97-77(114)67(47(5)100)99-74(111)62(39-51-26-30-54(102)31-27-51)95-72(109)60(36-48-17-8-6-9-18-48)90-65(104)43-87-68(105)59(38-50-24-28-53(101)29-25-50)94-69(106)55(21-12-14-32-80)89-64(103)41-82/h6-11,17-20,24-31,42,44-47,55-63,66-67,100-102H,12-16,21-23,32-41,43,80-82H2,1-5H3,(H,85,88)(H,87,105)(H,89,103)(H,90,104)(H,91,110)(H,92,108)(H,93,107)(H,94,106)(H,95,109)(H,96,113)(H,97,114)(H,98,112)(H,99,111)(H,115,116)(H4,83,84,86)/t47-,55+,56+,57+,58+,59+,60+,61+,62+,63+,66+,67+/m1/s1. The van der Waals surface area contributed by atoms with Crippen LogP contribution in [-0.4, -0.2) is 218 Å². The molecule has 12 amide bonds. The van der Waals surface area contributed by atoms with Gasteiger partial charge in [0.1, 0.15) is 78.0 Å². The summed E-state index contributed by atoms with van der Waals surface area (Å²) >= 11 is 0. The number of carbonyl (C=O) groups is 13. The number of nitrogens with two attached hydrogens (primary N) is 4. The third-order valence-electron chi connectivity index (χ3n) is 18.5. The monoisotopic (exact) mass is 1610 g/mol. The van der Waals surface area contributed by atoms with E-state index < -0.39 is 168 Å². The number of aromatic amines is 1. The first-order valence-corrected chi connectivity index (χ1v) is 38.6. The number of carboxylic acids is 1. The van der Waals surface area contributed by atoms with Crippen molar-refractivity contribution < 1.29 is 82.8 Å². The van der Waals surface area contributed by atoms with Gasteiger partial charge in [-0.1, -0.05) is 113 Å². The molecular weight excluding hydrogens is 1500 g/mol. The van der Waals surface area contributed by atoms with Crippen molar-refractivity contribution >= 4 is 82.8 Å². The second-order valence-electron chi connectivity index (χ2n) is 29.0. The summed E-state index contributed by atoms with van der Waals surface area (Å²) in [6.07, 6.45) is 1.80. The van der Waals surface area contributed by atoms with E-state index in [1.807, 2.05) is 0 Å². The van der Waals surface area contributed by atoms with Gasteiger partial charge in [-0.25, -0.2) is 9.78 Å². The number of imidazole rings is 1. The molecule has 1 aromatic heterocycles. The third kappa shape index (κ3) is 33.9. The van der Waals surface area contributed by atoms with Gasteiger partial charge < -0.3 is 117 Å². The summed E-state index contributed by atoms with van der Waals surface area (Å²) in [7, 11) is 0. The van der Waals surface area contributed by atoms with Crippen LogP contribution in [0.2, 0.25) is 0 Å². The van der Waals surface area contributed by atoms with E-state index in [0.717, 1.165) is 6.92 Å². The Bertz CT molecular complexity index is 4010. The Morgan fingerprint density at radius 2 is 0.802 bits per heavy atom. The lowest BCUT2D eigenvalue weighted by Crippen LogP contribution is -2.63. The highest BCUT2D eigenvalue weighted by molar-refractivity contribution is 6.00. The van der Waals surface area contributed by atoms with Crippen molar-refractivity contribution in [3.05, 3.63) is 150 Å². The topological polar surface area (TPSA) is 616 Å². The van der Waals surface area contributed by atoms with Gasteiger partial charge in [0.2, 0.25) is 70.9 Å². The number of H-pyrrole nitrogens is 1. The van der Waals surface area contributed by atoms with E-state index >= 15 is 0 Å². The summed E-state index contributed by atoms with van der Waals surface area (Å²) in [5.41, 5.74) is 24.6. The van der Waals surface area contributed by atoms with Gasteiger partial charge in [-0.15, -0.1) is 0 Å². The van der Waals surface area contributed by atoms with Crippen LogP contribution in [-0.2, 0) is 94.4 Å². The van der Waals surface area contributed by atoms with Crippen LogP contribution in [0.25, 0.3) is 0 Å². The van der Waals surface area contributed by atoms with Crippen LogP contribution in [0.4, 0.5) is 0 Å². The maximum absolute atomic E-state index is 14.9. The molecule has 5 aromatic rings. The Morgan fingerprint density at radius 1 is 0.422 bits per heavy atom. The molecule has 0 saturated carbocycles. The fraction of sp³-hybridized carbons (Fsp3) is 0.481. The molecule has 0 spiro atoms. The number of benzene rings is 4. The number of guanidine groups is 1. The van der Waals surface area contributed by atoms with Crippen molar-refractivity contribution in [1.29, 1.82) is 5.41 Å². The van der Waals surface area contributed by atoms with Gasteiger partial charge in [0, 0.05) is 50.5 Å². The van der Waals surface area contributed by atoms with Crippen LogP contribution >= 0.6 is 0 Å². The van der Waals surface area contributed by atoms with Gasteiger partial charge in [0.05, 0.1) is 25.5 Å². The Labute approximate surface area is 673 Å². The molecule has 0 saturated heterocycles. The average Bonchev–Trinajstić information content (AvgIpc) is 1.05. The molecule has 0 aliphatic rings. The maximum Gasteiger partial charge on any atom is 0.326 e. The fourth-order valence-corrected chi connectivity index (χ4v) is 12.2. The second kappa shape index (κ2) is 49.5. The zero-order valence-electron chi connectivity index (χ0n) is 65.9. The largest absolute Gasteiger partial charge is 0.508 e. The van der Waals surface area contributed by atoms with Crippen molar-refractivity contribution in [1.82, 2.24) is 79.1 Å². The fourth-order valence-electron chi connectivity index (χ4n) is 12.2. The summed E-state index contributed by atoms with van der Waals surface area (Å²) in [5, 5.41) is 83.2. The van der Waals surface area contributed by atoms with Crippen LogP contribution in [0, 0.1) is 17.2 Å². The van der Waals surface area contributed by atoms with E-state index in [9.17, 15) is 82.8 Å². The van der Waals surface area contributed by atoms with Gasteiger partial charge in [-0.05, 0) is 136 Å². The van der Waals surface area contributed by atoms with E-state index in [2.05, 4.69) is 79.1 Å². The van der Waals surface area contributed by atoms with E-state index in [-0.39, 0.29) is 99.8 Å². The average molecular weight is 1620 g/mol. The summed E-state index contributed by atoms with van der Waals surface area (Å²) in [4.78, 5) is 191. The molecule has 0 aliphatic carbocycles. The van der Waals surface area contributed by atoms with Gasteiger partial charge >= 0.3 is 5.97 Å². The number of hydrogen-bond acceptors (Lipinski definition) is 21. The quantitative estimate of drug-likeness (QED) is 0.0108. The zero-order valence-corrected chi connectivity index (χ0v) is 65.9. The minimum absolute atomic E-state index is 0.0567. The number of aromatic nitrogens is 2. The van der Waals surface area contributed by atoms with Crippen molar-refractivity contribution in [3.63, 3.8) is 0 Å². The first-order chi connectivity index (χ1) is 55.3. The summed E-state index contributed by atoms with van der Waals surface area (Å²) < 4.78 is 0. The molecule has 0 unspecified atom stereocenters. The van der Waals surface area contributed by atoms with Gasteiger partial charge in [0.15, 0.2) is 5.96 Å². The lowest BCUT2D eigenvalue weighted by atomic mass is 9.99. The number of nitrogens with one attached hydrogen (secondary N) is 15. The van der Waals surface area contributed by atoms with Crippen LogP contribution in [0.3, 0.4) is 0 Å². The van der Waals surface area contributed by atoms with E-state index in [1.165, 1.54) is 61.1 Å². The molecule has 0 aliphatic heterocycles. The van der Waals surface area contributed by atoms with Crippen LogP contribution < -0.4 is 92.1 Å². The minimum Gasteiger partial charge on any atom is -0.508 e. The molecule has 0 radical (unpaired) electrons. The predicted octanol–water partition coefficient (Wildman–Crippen LogP) is -2.57. The summed E-state index contributed by atoms with van der Waals surface area (Å²) in [6.45, 7) is 7.37. The maximum atomic E-state index is 14.9. The van der Waals surface area contributed by atoms with Gasteiger partial charge in [-0.3, -0.25) is 62.9 Å². The highest BCUT2D eigenvalue weighted by atomic mass is 16.4. The smallest absolute Gasteiger partial charge is 0.326 e. The highest BCUT2D eigenvalue weighted by Gasteiger charge is 2.39. The Balaban J connectivity index is 1.41. The van der Waals surface area contributed by atoms with Crippen LogP contribution in [0.1, 0.15) is 120 Å². The van der Waals surface area contributed by atoms with Crippen molar-refractivity contribution in [2.45, 2.75) is 197 Å². The number of aliphatic hydroxyl groups is 1. The number of rotatable bonds is 51. The predicted molar refractivity (Wildman–Crippen MR) is 428 cm³/mol. The van der Waals surface area contributed by atoms with Gasteiger partial charge in [0.25, 0.3) is 0 Å². The molecule has 5 rings (SSSR count). The summed E-state index contributed by atoms with van der Waals surface area (Å²) in [6, 6.07) is 12.0. The number of hydrogen-bond donors (Lipinski definition) is 23. The molecule has 116 heavy (non-hydrogen) atoms. The number of amides is 12. The first-order valence-electron chi connectivity index (χ1n) is 38.6. The number of aliphatic carboxylic acids is 1. The normalized spacial score (nSPS) is 14.2. The first kappa shape index (κ1) is 94.5. The molecule has 4 aromatic carbocycles. The van der Waals surface area contributed by atoms with Crippen molar-refractivity contribution in [2.24, 2.45) is 34.8 Å². The lowest BCUT2D eigenvalue weighted by Gasteiger charge is -2.30. The molecule has 1 heterocycles. The van der Waals surface area contributed by atoms with Crippen LogP contribution in [0.15, 0.2) is 122 Å². The van der Waals surface area contributed by atoms with Crippen molar-refractivity contribution in [2.75, 3.05) is 32.7 Å². The third-order valence-corrected chi connectivity index (χ3v) is 18.5. The molecule has 0 bridgehead atoms. The number of carboxylic acid groups (broad SMARTS) is 1. The number of phenolic OH excluding ortho intramolecular Hbond substituents is 2. The molecule has 0 fully saturated rings. The van der Waals surface area contributed by atoms with E-state index in [1.54, 1.807) is 88.4 Å². The molecule has 632 valence electrons. The zero-order chi connectivity index (χ0) is 85.4. The second-order valence-corrected chi connectivity index (χ2v) is 29.0. The van der Waals surface area contributed by atoms with Crippen molar-refractivity contribution in [3.8, 4) is 11.5 Å². The molecular formula is C79H114N20O17. The number of unbranched alkanes of at least 4 members (excludes halogenated alkanes) is 2. The molecule has 12 atom stereocenters. The summed E-state index contributed by atoms with van der Waals surface area (Å²) in [5.74, 6) is -13.6. The number of carbonyl (C=O) groups excluding carboxylic acids is 12. The molecule has 37 nitrogen and oxygen atoms in total. The van der Waals surface area contributed by atoms with Crippen LogP contribution in [0.5, 0.6) is 11.5 Å². The Morgan fingerprint density at radius 3 is 1.25 bits per heavy atom. The lowest BCUT2D eigenvalue weighted by molar-refractivity contribution is -0.142. The Kier molecular flexibility index (Phi) is 40.3. The number of aromatic hydroxyl groups is 2. The number of aliphatic hydroxyl groups excluding tert-OH is 1. The molecule has 37 heteroatoms. The molecule has 27 N–H and O–H groups in total. The van der Waals surface area contributed by atoms with E-state index in [0.29, 0.717) is 61.0 Å². The highest BCUT2D eigenvalue weighted by Crippen LogP contribution is 2.18. The van der Waals surface area contributed by atoms with Gasteiger partial charge in [-0.2, -0.15) is 0 Å². The number of nitrogens with zero attached hydrogens (tertiary/aromatic N) is 1. The SMILES string of the molecule is CC(C)C[C@H](NC(=O)[C@H](CCCNC(=N)N)NC(=O)[C@H](Cc1ccccc1)NC(=O)[C@@H](NC(=O)[C@H](Cc1cnc[nH]1)NC(=O)[C@@H](NC(=O)[C@H](Cc1ccc(O)cc1)NC(=O)[C@H](Cc1ccccc1)NC(=O)CNC(=O)[C@H](Cc1ccc(O)cc1)NC(=O)[C@H](CCCCN)NC(=O)CN)[C@@H](C)O)C(C)C)C(=O)N[C@@H](CCCCN)C(=O)O.